The lowest BCUT2D eigenvalue weighted by Crippen LogP contribution is -2.23. The van der Waals surface area contributed by atoms with E-state index in [1.807, 2.05) is 12.4 Å². The van der Waals surface area contributed by atoms with E-state index in [0.717, 1.165) is 30.7 Å². The normalized spacial score (nSPS) is 15.0. The first-order valence-corrected chi connectivity index (χ1v) is 8.08. The lowest BCUT2D eigenvalue weighted by molar-refractivity contribution is 0.134. The zero-order valence-corrected chi connectivity index (χ0v) is 13.7. The van der Waals surface area contributed by atoms with Gasteiger partial charge in [0.25, 0.3) is 0 Å². The number of likely N-dealkylation sites (N-methyl/N-ethyl adjacent to an activating group) is 1. The average molecular weight is 347 g/mol. The van der Waals surface area contributed by atoms with Crippen LogP contribution in [-0.2, 0) is 24.4 Å². The molecule has 0 saturated heterocycles. The predicted octanol–water partition coefficient (Wildman–Crippen LogP) is 3.77. The zero-order chi connectivity index (χ0) is 14.7. The van der Waals surface area contributed by atoms with Crippen LogP contribution in [0.5, 0.6) is 0 Å². The fourth-order valence-electron chi connectivity index (χ4n) is 2.77. The van der Waals surface area contributed by atoms with Gasteiger partial charge in [-0.25, -0.2) is 0 Å². The highest BCUT2D eigenvalue weighted by Crippen LogP contribution is 2.26. The van der Waals surface area contributed by atoms with Crippen LogP contribution < -0.4 is 5.32 Å². The summed E-state index contributed by atoms with van der Waals surface area (Å²) in [5.74, 6) is 0. The summed E-state index contributed by atoms with van der Waals surface area (Å²) in [6.45, 7) is 4.57. The maximum Gasteiger partial charge on any atom is 0.0725 e. The molecule has 1 aliphatic rings. The third-order valence-electron chi connectivity index (χ3n) is 3.80. The first-order valence-electron chi connectivity index (χ1n) is 7.28. The zero-order valence-electron chi connectivity index (χ0n) is 12.1. The molecule has 1 aliphatic heterocycles. The first kappa shape index (κ1) is 14.7. The van der Waals surface area contributed by atoms with Crippen LogP contribution >= 0.6 is 15.9 Å². The molecule has 0 fully saturated rings. The van der Waals surface area contributed by atoms with Gasteiger partial charge in [-0.2, -0.15) is 0 Å². The Morgan fingerprint density at radius 1 is 1.24 bits per heavy atom. The van der Waals surface area contributed by atoms with Crippen LogP contribution in [0.3, 0.4) is 0 Å². The molecule has 2 heterocycles. The Morgan fingerprint density at radius 2 is 2.10 bits per heavy atom. The molecule has 110 valence electrons. The van der Waals surface area contributed by atoms with Crippen LogP contribution in [0.4, 0.5) is 0 Å². The minimum atomic E-state index is 0.303. The van der Waals surface area contributed by atoms with E-state index in [2.05, 4.69) is 57.4 Å². The molecule has 0 radical (unpaired) electrons. The molecular formula is C17H19BrN2O. The number of benzene rings is 1. The SMILES string of the molecule is CCNC(Cc1cncc(Br)c1)c1ccc2c(c1)COC2. The summed E-state index contributed by atoms with van der Waals surface area (Å²) in [5, 5.41) is 3.57. The topological polar surface area (TPSA) is 34.2 Å². The average Bonchev–Trinajstić information content (AvgIpc) is 2.94. The largest absolute Gasteiger partial charge is 0.372 e. The number of rotatable bonds is 5. The molecule has 1 atom stereocenters. The van der Waals surface area contributed by atoms with Gasteiger partial charge in [0.1, 0.15) is 0 Å². The van der Waals surface area contributed by atoms with Gasteiger partial charge < -0.3 is 10.1 Å². The second-order valence-corrected chi connectivity index (χ2v) is 6.26. The van der Waals surface area contributed by atoms with Gasteiger partial charge in [-0.1, -0.05) is 25.1 Å². The van der Waals surface area contributed by atoms with E-state index in [9.17, 15) is 0 Å². The maximum absolute atomic E-state index is 5.51. The molecule has 1 unspecified atom stereocenters. The Kier molecular flexibility index (Phi) is 4.68. The standard InChI is InChI=1S/C17H19BrN2O/c1-2-20-17(6-12-5-16(18)9-19-8-12)13-3-4-14-10-21-11-15(14)7-13/h3-5,7-9,17,20H,2,6,10-11H2,1H3. The van der Waals surface area contributed by atoms with E-state index in [4.69, 9.17) is 4.74 Å². The number of nitrogens with one attached hydrogen (secondary N) is 1. The van der Waals surface area contributed by atoms with Crippen LogP contribution in [-0.4, -0.2) is 11.5 Å². The number of aromatic nitrogens is 1. The number of ether oxygens (including phenoxy) is 1. The number of halogens is 1. The molecule has 0 saturated carbocycles. The Bertz CT molecular complexity index is 630. The minimum absolute atomic E-state index is 0.303. The van der Waals surface area contributed by atoms with E-state index in [1.165, 1.54) is 22.3 Å². The highest BCUT2D eigenvalue weighted by Gasteiger charge is 2.16. The Labute approximate surface area is 133 Å². The van der Waals surface area contributed by atoms with E-state index < -0.39 is 0 Å². The molecule has 3 nitrogen and oxygen atoms in total. The molecule has 1 aromatic carbocycles. The molecule has 0 spiro atoms. The van der Waals surface area contributed by atoms with Crippen LogP contribution in [0.2, 0.25) is 0 Å². The van der Waals surface area contributed by atoms with Crippen molar-refractivity contribution < 1.29 is 4.74 Å². The van der Waals surface area contributed by atoms with Crippen molar-refractivity contribution in [3.8, 4) is 0 Å². The van der Waals surface area contributed by atoms with E-state index in [-0.39, 0.29) is 0 Å². The second-order valence-electron chi connectivity index (χ2n) is 5.35. The molecule has 3 rings (SSSR count). The monoisotopic (exact) mass is 346 g/mol. The Hall–Kier alpha value is -1.23. The summed E-state index contributed by atoms with van der Waals surface area (Å²) in [4.78, 5) is 4.25. The Balaban J connectivity index is 1.84. The molecular weight excluding hydrogens is 328 g/mol. The summed E-state index contributed by atoms with van der Waals surface area (Å²) < 4.78 is 6.53. The van der Waals surface area contributed by atoms with Gasteiger partial charge >= 0.3 is 0 Å². The van der Waals surface area contributed by atoms with E-state index in [1.54, 1.807) is 0 Å². The number of hydrogen-bond donors (Lipinski definition) is 1. The van der Waals surface area contributed by atoms with Gasteiger partial charge in [0.15, 0.2) is 0 Å². The highest BCUT2D eigenvalue weighted by atomic mass is 79.9. The molecule has 1 aromatic heterocycles. The lowest BCUT2D eigenvalue weighted by Gasteiger charge is -2.19. The summed E-state index contributed by atoms with van der Waals surface area (Å²) >= 11 is 3.49. The molecule has 0 amide bonds. The van der Waals surface area contributed by atoms with Crippen molar-refractivity contribution in [2.45, 2.75) is 32.6 Å². The summed E-state index contributed by atoms with van der Waals surface area (Å²) in [7, 11) is 0. The van der Waals surface area contributed by atoms with Gasteiger partial charge in [-0.05, 0) is 57.2 Å². The molecule has 0 bridgehead atoms. The van der Waals surface area contributed by atoms with E-state index >= 15 is 0 Å². The third kappa shape index (κ3) is 3.51. The molecule has 21 heavy (non-hydrogen) atoms. The summed E-state index contributed by atoms with van der Waals surface area (Å²) in [5.41, 5.74) is 5.19. The smallest absolute Gasteiger partial charge is 0.0725 e. The third-order valence-corrected chi connectivity index (χ3v) is 4.23. The number of pyridine rings is 1. The van der Waals surface area contributed by atoms with Gasteiger partial charge in [-0.3, -0.25) is 4.98 Å². The number of hydrogen-bond acceptors (Lipinski definition) is 3. The highest BCUT2D eigenvalue weighted by molar-refractivity contribution is 9.10. The summed E-state index contributed by atoms with van der Waals surface area (Å²) in [6, 6.07) is 9.12. The van der Waals surface area contributed by atoms with Crippen LogP contribution in [0.1, 0.15) is 35.2 Å². The Morgan fingerprint density at radius 3 is 2.90 bits per heavy atom. The molecule has 4 heteroatoms. The van der Waals surface area contributed by atoms with Gasteiger partial charge in [-0.15, -0.1) is 0 Å². The van der Waals surface area contributed by atoms with Crippen molar-refractivity contribution in [2.24, 2.45) is 0 Å². The quantitative estimate of drug-likeness (QED) is 0.894. The number of fused-ring (bicyclic) bond motifs is 1. The fraction of sp³-hybridized carbons (Fsp3) is 0.353. The van der Waals surface area contributed by atoms with Crippen LogP contribution in [0, 0.1) is 0 Å². The van der Waals surface area contributed by atoms with Gasteiger partial charge in [0.2, 0.25) is 0 Å². The van der Waals surface area contributed by atoms with E-state index in [0.29, 0.717) is 6.04 Å². The predicted molar refractivity (Wildman–Crippen MR) is 87.0 cm³/mol. The maximum atomic E-state index is 5.51. The number of nitrogens with zero attached hydrogens (tertiary/aromatic N) is 1. The van der Waals surface area contributed by atoms with Crippen molar-refractivity contribution >= 4 is 15.9 Å². The van der Waals surface area contributed by atoms with Crippen molar-refractivity contribution in [3.05, 3.63) is 63.4 Å². The summed E-state index contributed by atoms with van der Waals surface area (Å²) in [6.07, 6.45) is 4.68. The fourth-order valence-corrected chi connectivity index (χ4v) is 3.18. The van der Waals surface area contributed by atoms with Crippen LogP contribution in [0.15, 0.2) is 41.1 Å². The minimum Gasteiger partial charge on any atom is -0.372 e. The van der Waals surface area contributed by atoms with Crippen molar-refractivity contribution in [2.75, 3.05) is 6.54 Å². The molecule has 1 N–H and O–H groups in total. The molecule has 2 aromatic rings. The van der Waals surface area contributed by atoms with Crippen molar-refractivity contribution in [1.29, 1.82) is 0 Å². The second kappa shape index (κ2) is 6.69. The lowest BCUT2D eigenvalue weighted by atomic mass is 9.96. The van der Waals surface area contributed by atoms with Gasteiger partial charge in [0.05, 0.1) is 13.2 Å². The van der Waals surface area contributed by atoms with Crippen LogP contribution in [0.25, 0.3) is 0 Å². The first-order chi connectivity index (χ1) is 10.3. The van der Waals surface area contributed by atoms with Crippen molar-refractivity contribution in [3.63, 3.8) is 0 Å². The molecule has 0 aliphatic carbocycles. The van der Waals surface area contributed by atoms with Crippen molar-refractivity contribution in [1.82, 2.24) is 10.3 Å². The van der Waals surface area contributed by atoms with Gasteiger partial charge in [0, 0.05) is 22.9 Å².